The highest BCUT2D eigenvalue weighted by Crippen LogP contribution is 2.23. The number of aliphatic hydroxyl groups is 1. The first-order valence-electron chi connectivity index (χ1n) is 11.3. The SMILES string of the molecule is CCCCO[Si](OCCCC)(OCCCC)C(CC)OCC(O)Cn1ccnc1. The molecule has 0 aliphatic rings. The van der Waals surface area contributed by atoms with Crippen LogP contribution in [-0.4, -0.2) is 61.7 Å². The van der Waals surface area contributed by atoms with Crippen LogP contribution in [0.25, 0.3) is 0 Å². The van der Waals surface area contributed by atoms with Crippen LogP contribution in [0.5, 0.6) is 0 Å². The predicted molar refractivity (Wildman–Crippen MR) is 117 cm³/mol. The number of aromatic nitrogens is 2. The van der Waals surface area contributed by atoms with Crippen LogP contribution in [0.1, 0.15) is 72.6 Å². The van der Waals surface area contributed by atoms with Gasteiger partial charge in [-0.05, 0) is 25.7 Å². The molecule has 0 fully saturated rings. The number of imidazole rings is 1. The lowest BCUT2D eigenvalue weighted by molar-refractivity contribution is -0.0443. The first kappa shape index (κ1) is 26.3. The van der Waals surface area contributed by atoms with Crippen molar-refractivity contribution in [3.63, 3.8) is 0 Å². The Morgan fingerprint density at radius 3 is 1.90 bits per heavy atom. The Hall–Kier alpha value is -0.773. The number of hydrogen-bond donors (Lipinski definition) is 1. The molecule has 29 heavy (non-hydrogen) atoms. The van der Waals surface area contributed by atoms with Gasteiger partial charge in [0.05, 0.1) is 25.6 Å². The van der Waals surface area contributed by atoms with Crippen molar-refractivity contribution in [1.82, 2.24) is 9.55 Å². The molecule has 1 aromatic rings. The van der Waals surface area contributed by atoms with E-state index in [4.69, 9.17) is 18.0 Å². The largest absolute Gasteiger partial charge is 0.531 e. The van der Waals surface area contributed by atoms with Gasteiger partial charge >= 0.3 is 8.80 Å². The quantitative estimate of drug-likeness (QED) is 0.264. The van der Waals surface area contributed by atoms with Crippen molar-refractivity contribution in [3.8, 4) is 0 Å². The van der Waals surface area contributed by atoms with E-state index in [9.17, 15) is 5.11 Å². The van der Waals surface area contributed by atoms with Crippen molar-refractivity contribution in [3.05, 3.63) is 18.7 Å². The molecule has 0 saturated heterocycles. The van der Waals surface area contributed by atoms with Crippen LogP contribution in [0.15, 0.2) is 18.7 Å². The summed E-state index contributed by atoms with van der Waals surface area (Å²) in [6.07, 6.45) is 11.3. The molecule has 0 aliphatic carbocycles. The van der Waals surface area contributed by atoms with Crippen molar-refractivity contribution in [2.75, 3.05) is 26.4 Å². The summed E-state index contributed by atoms with van der Waals surface area (Å²) in [5, 5.41) is 10.4. The Bertz CT molecular complexity index is 463. The Morgan fingerprint density at radius 2 is 1.48 bits per heavy atom. The van der Waals surface area contributed by atoms with Gasteiger partial charge in [-0.1, -0.05) is 47.0 Å². The maximum Gasteiger partial charge on any atom is 0.531 e. The second-order valence-electron chi connectivity index (χ2n) is 7.35. The lowest BCUT2D eigenvalue weighted by atomic mass is 10.4. The predicted octanol–water partition coefficient (Wildman–Crippen LogP) is 3.97. The van der Waals surface area contributed by atoms with Gasteiger partial charge in [-0.15, -0.1) is 0 Å². The molecule has 0 radical (unpaired) electrons. The number of aliphatic hydroxyl groups excluding tert-OH is 1. The number of ether oxygens (including phenoxy) is 1. The van der Waals surface area contributed by atoms with Crippen LogP contribution in [0.2, 0.25) is 0 Å². The average molecular weight is 431 g/mol. The van der Waals surface area contributed by atoms with Gasteiger partial charge in [0.1, 0.15) is 5.73 Å². The van der Waals surface area contributed by atoms with E-state index in [1.807, 2.05) is 10.8 Å². The Labute approximate surface area is 178 Å². The van der Waals surface area contributed by atoms with Gasteiger partial charge in [0, 0.05) is 32.2 Å². The van der Waals surface area contributed by atoms with Gasteiger partial charge in [0.25, 0.3) is 0 Å². The average Bonchev–Trinajstić information content (AvgIpc) is 3.22. The van der Waals surface area contributed by atoms with Crippen molar-refractivity contribution in [1.29, 1.82) is 0 Å². The summed E-state index contributed by atoms with van der Waals surface area (Å²) in [5.41, 5.74) is -0.287. The zero-order valence-electron chi connectivity index (χ0n) is 18.8. The van der Waals surface area contributed by atoms with Gasteiger partial charge in [-0.2, -0.15) is 0 Å². The summed E-state index contributed by atoms with van der Waals surface area (Å²) >= 11 is 0. The third-order valence-corrected chi connectivity index (χ3v) is 7.82. The van der Waals surface area contributed by atoms with E-state index in [1.54, 1.807) is 12.5 Å². The van der Waals surface area contributed by atoms with E-state index < -0.39 is 14.9 Å². The standard InChI is InChI=1S/C21H42N2O5Si/c1-5-9-14-26-29(27-15-10-6-2,28-16-11-7-3)21(8-4)25-18-20(24)17-23-13-12-22-19-23/h12-13,19-21,24H,5-11,14-18H2,1-4H3. The fourth-order valence-corrected chi connectivity index (χ4v) is 5.76. The second kappa shape index (κ2) is 16.0. The zero-order chi connectivity index (χ0) is 21.4. The number of hydrogen-bond acceptors (Lipinski definition) is 6. The smallest absolute Gasteiger partial charge is 0.389 e. The van der Waals surface area contributed by atoms with E-state index >= 15 is 0 Å². The van der Waals surface area contributed by atoms with E-state index in [1.165, 1.54) is 0 Å². The molecular weight excluding hydrogens is 388 g/mol. The molecule has 0 aromatic carbocycles. The molecule has 0 aliphatic heterocycles. The van der Waals surface area contributed by atoms with Crippen molar-refractivity contribution >= 4 is 8.80 Å². The Balaban J connectivity index is 2.82. The molecule has 1 heterocycles. The lowest BCUT2D eigenvalue weighted by Crippen LogP contribution is -2.58. The molecule has 8 heteroatoms. The highest BCUT2D eigenvalue weighted by molar-refractivity contribution is 6.62. The monoisotopic (exact) mass is 430 g/mol. The van der Waals surface area contributed by atoms with E-state index in [2.05, 4.69) is 32.7 Å². The van der Waals surface area contributed by atoms with Crippen LogP contribution in [-0.2, 0) is 24.6 Å². The first-order chi connectivity index (χ1) is 14.1. The normalized spacial score (nSPS) is 14.2. The minimum atomic E-state index is -3.03. The molecule has 0 bridgehead atoms. The molecule has 0 saturated carbocycles. The van der Waals surface area contributed by atoms with Crippen molar-refractivity contribution in [2.24, 2.45) is 0 Å². The highest BCUT2D eigenvalue weighted by Gasteiger charge is 2.50. The molecule has 0 amide bonds. The summed E-state index contributed by atoms with van der Waals surface area (Å²) in [4.78, 5) is 4.01. The van der Waals surface area contributed by atoms with Crippen molar-refractivity contribution < 1.29 is 23.1 Å². The van der Waals surface area contributed by atoms with E-state index in [-0.39, 0.29) is 12.3 Å². The van der Waals surface area contributed by atoms with E-state index in [0.29, 0.717) is 32.8 Å². The summed E-state index contributed by atoms with van der Waals surface area (Å²) in [7, 11) is -3.03. The third kappa shape index (κ3) is 10.2. The Kier molecular flexibility index (Phi) is 14.5. The lowest BCUT2D eigenvalue weighted by Gasteiger charge is -2.36. The summed E-state index contributed by atoms with van der Waals surface area (Å²) in [5.74, 6) is 0. The fraction of sp³-hybridized carbons (Fsp3) is 0.857. The maximum atomic E-state index is 10.4. The van der Waals surface area contributed by atoms with E-state index in [0.717, 1.165) is 38.5 Å². The minimum absolute atomic E-state index is 0.205. The number of rotatable bonds is 19. The maximum absolute atomic E-state index is 10.4. The van der Waals surface area contributed by atoms with Gasteiger partial charge in [-0.3, -0.25) is 0 Å². The molecule has 2 atom stereocenters. The van der Waals surface area contributed by atoms with Gasteiger partial charge in [-0.25, -0.2) is 4.98 Å². The van der Waals surface area contributed by atoms with Crippen LogP contribution in [0.4, 0.5) is 0 Å². The van der Waals surface area contributed by atoms with Gasteiger partial charge in [0.2, 0.25) is 0 Å². The van der Waals surface area contributed by atoms with Gasteiger partial charge < -0.3 is 27.7 Å². The Morgan fingerprint density at radius 1 is 0.931 bits per heavy atom. The fourth-order valence-electron chi connectivity index (χ4n) is 2.87. The number of nitrogens with zero attached hydrogens (tertiary/aromatic N) is 2. The van der Waals surface area contributed by atoms with Crippen LogP contribution < -0.4 is 0 Å². The molecular formula is C21H42N2O5Si. The molecule has 1 rings (SSSR count). The zero-order valence-corrected chi connectivity index (χ0v) is 19.8. The molecule has 170 valence electrons. The number of unbranched alkanes of at least 4 members (excludes halogenated alkanes) is 3. The van der Waals surface area contributed by atoms with Crippen molar-refractivity contribution in [2.45, 2.75) is 91.0 Å². The first-order valence-corrected chi connectivity index (χ1v) is 13.1. The molecule has 1 aromatic heterocycles. The third-order valence-electron chi connectivity index (χ3n) is 4.64. The van der Waals surface area contributed by atoms with Crippen LogP contribution in [0.3, 0.4) is 0 Å². The van der Waals surface area contributed by atoms with Crippen LogP contribution >= 0.6 is 0 Å². The molecule has 0 spiro atoms. The summed E-state index contributed by atoms with van der Waals surface area (Å²) < 4.78 is 27.0. The summed E-state index contributed by atoms with van der Waals surface area (Å²) in [6.45, 7) is 11.0. The van der Waals surface area contributed by atoms with Crippen LogP contribution in [0, 0.1) is 0 Å². The highest BCUT2D eigenvalue weighted by atomic mass is 28.4. The van der Waals surface area contributed by atoms with Gasteiger partial charge in [0.15, 0.2) is 0 Å². The molecule has 7 nitrogen and oxygen atoms in total. The molecule has 1 N–H and O–H groups in total. The summed E-state index contributed by atoms with van der Waals surface area (Å²) in [6, 6.07) is 0. The second-order valence-corrected chi connectivity index (χ2v) is 10.1. The minimum Gasteiger partial charge on any atom is -0.389 e. The molecule has 2 unspecified atom stereocenters. The topological polar surface area (TPSA) is 75.0 Å².